The van der Waals surface area contributed by atoms with Crippen molar-refractivity contribution in [2.24, 2.45) is 0 Å². The Bertz CT molecular complexity index is 688. The lowest BCUT2D eigenvalue weighted by molar-refractivity contribution is 0.908. The highest BCUT2D eigenvalue weighted by molar-refractivity contribution is 6.31. The molecule has 0 saturated carbocycles. The van der Waals surface area contributed by atoms with Crippen LogP contribution in [0.3, 0.4) is 0 Å². The lowest BCUT2D eigenvalue weighted by Crippen LogP contribution is -2.30. The summed E-state index contributed by atoms with van der Waals surface area (Å²) in [6.45, 7) is 1.85. The molecule has 2 aromatic rings. The van der Waals surface area contributed by atoms with Crippen molar-refractivity contribution in [1.29, 1.82) is 0 Å². The van der Waals surface area contributed by atoms with E-state index in [1.165, 1.54) is 4.57 Å². The van der Waals surface area contributed by atoms with Gasteiger partial charge in [-0.2, -0.15) is 0 Å². The molecule has 0 aliphatic heterocycles. The van der Waals surface area contributed by atoms with Gasteiger partial charge >= 0.3 is 5.69 Å². The monoisotopic (exact) mass is 251 g/mol. The molecule has 0 unspecified atom stereocenters. The average molecular weight is 252 g/mol. The Morgan fingerprint density at radius 1 is 1.29 bits per heavy atom. The van der Waals surface area contributed by atoms with Crippen molar-refractivity contribution in [2.75, 3.05) is 5.73 Å². The number of nitrogens with one attached hydrogen (secondary N) is 1. The molecule has 0 aliphatic carbocycles. The second-order valence-electron chi connectivity index (χ2n) is 3.63. The molecular formula is C11H10ClN3O2. The van der Waals surface area contributed by atoms with Crippen molar-refractivity contribution in [3.05, 3.63) is 55.7 Å². The minimum atomic E-state index is -0.588. The van der Waals surface area contributed by atoms with E-state index >= 15 is 0 Å². The first kappa shape index (κ1) is 11.5. The third kappa shape index (κ3) is 2.09. The summed E-state index contributed by atoms with van der Waals surface area (Å²) < 4.78 is 1.19. The Morgan fingerprint density at radius 2 is 2.00 bits per heavy atom. The number of aromatic amines is 1. The molecule has 6 heteroatoms. The van der Waals surface area contributed by atoms with Crippen molar-refractivity contribution in [3.63, 3.8) is 0 Å². The number of H-pyrrole nitrogens is 1. The Hall–Kier alpha value is -2.01. The summed E-state index contributed by atoms with van der Waals surface area (Å²) in [6.07, 6.45) is 0. The van der Waals surface area contributed by atoms with E-state index in [1.807, 2.05) is 6.92 Å². The van der Waals surface area contributed by atoms with E-state index in [9.17, 15) is 9.59 Å². The molecule has 5 nitrogen and oxygen atoms in total. The third-order valence-corrected chi connectivity index (χ3v) is 2.79. The van der Waals surface area contributed by atoms with Crippen molar-refractivity contribution in [3.8, 4) is 5.69 Å². The van der Waals surface area contributed by atoms with Crippen LogP contribution < -0.4 is 17.0 Å². The standard InChI is InChI=1S/C11H10ClN3O2/c1-6-2-3-7(4-8(6)12)15-9(13)5-10(16)14-11(15)17/h2-5H,13H2,1H3,(H,14,16,17). The van der Waals surface area contributed by atoms with Gasteiger partial charge in [-0.25, -0.2) is 9.36 Å². The number of hydrogen-bond donors (Lipinski definition) is 2. The molecule has 0 atom stereocenters. The molecule has 0 amide bonds. The van der Waals surface area contributed by atoms with E-state index in [4.69, 9.17) is 17.3 Å². The normalized spacial score (nSPS) is 10.5. The summed E-state index contributed by atoms with van der Waals surface area (Å²) >= 11 is 5.97. The highest BCUT2D eigenvalue weighted by atomic mass is 35.5. The number of nitrogens with zero attached hydrogens (tertiary/aromatic N) is 1. The number of nitrogen functional groups attached to an aromatic ring is 1. The van der Waals surface area contributed by atoms with Crippen LogP contribution in [0.2, 0.25) is 5.02 Å². The highest BCUT2D eigenvalue weighted by Gasteiger charge is 2.06. The minimum absolute atomic E-state index is 0.0682. The molecule has 0 aliphatic rings. The summed E-state index contributed by atoms with van der Waals surface area (Å²) in [5.74, 6) is 0.0682. The zero-order chi connectivity index (χ0) is 12.6. The lowest BCUT2D eigenvalue weighted by Gasteiger charge is -2.09. The van der Waals surface area contributed by atoms with Crippen LogP contribution in [0.15, 0.2) is 33.9 Å². The Balaban J connectivity index is 2.73. The topological polar surface area (TPSA) is 80.9 Å². The molecule has 2 rings (SSSR count). The predicted octanol–water partition coefficient (Wildman–Crippen LogP) is 1.07. The molecule has 0 spiro atoms. The summed E-state index contributed by atoms with van der Waals surface area (Å²) in [7, 11) is 0. The van der Waals surface area contributed by atoms with Gasteiger partial charge in [-0.3, -0.25) is 9.78 Å². The van der Waals surface area contributed by atoms with Crippen LogP contribution in [0, 0.1) is 6.92 Å². The zero-order valence-electron chi connectivity index (χ0n) is 9.03. The fraction of sp³-hybridized carbons (Fsp3) is 0.0909. The number of anilines is 1. The first-order valence-corrected chi connectivity index (χ1v) is 5.25. The van der Waals surface area contributed by atoms with E-state index in [1.54, 1.807) is 18.2 Å². The number of aryl methyl sites for hydroxylation is 1. The van der Waals surface area contributed by atoms with Crippen LogP contribution in [0.25, 0.3) is 5.69 Å². The molecule has 17 heavy (non-hydrogen) atoms. The molecule has 1 aromatic carbocycles. The van der Waals surface area contributed by atoms with Gasteiger partial charge in [-0.1, -0.05) is 17.7 Å². The zero-order valence-corrected chi connectivity index (χ0v) is 9.78. The summed E-state index contributed by atoms with van der Waals surface area (Å²) in [5.41, 5.74) is 5.94. The molecule has 88 valence electrons. The number of nitrogens with two attached hydrogens (primary N) is 1. The molecule has 3 N–H and O–H groups in total. The van der Waals surface area contributed by atoms with Gasteiger partial charge in [0.15, 0.2) is 0 Å². The maximum absolute atomic E-state index is 11.6. The first-order chi connectivity index (χ1) is 7.99. The van der Waals surface area contributed by atoms with Crippen molar-refractivity contribution in [2.45, 2.75) is 6.92 Å². The molecule has 0 bridgehead atoms. The third-order valence-electron chi connectivity index (χ3n) is 2.38. The Kier molecular flexibility index (Phi) is 2.77. The van der Waals surface area contributed by atoms with Crippen LogP contribution in [-0.2, 0) is 0 Å². The van der Waals surface area contributed by atoms with Crippen LogP contribution in [0.1, 0.15) is 5.56 Å². The van der Waals surface area contributed by atoms with E-state index in [0.29, 0.717) is 10.7 Å². The smallest absolute Gasteiger partial charge is 0.334 e. The molecule has 0 radical (unpaired) electrons. The Labute approximate surface area is 101 Å². The van der Waals surface area contributed by atoms with Gasteiger partial charge in [-0.15, -0.1) is 0 Å². The number of aromatic nitrogens is 2. The van der Waals surface area contributed by atoms with Gasteiger partial charge in [0, 0.05) is 11.1 Å². The maximum atomic E-state index is 11.6. The Morgan fingerprint density at radius 3 is 2.59 bits per heavy atom. The summed E-state index contributed by atoms with van der Waals surface area (Å²) in [4.78, 5) is 24.8. The summed E-state index contributed by atoms with van der Waals surface area (Å²) in [6, 6.07) is 6.24. The average Bonchev–Trinajstić information content (AvgIpc) is 2.21. The van der Waals surface area contributed by atoms with E-state index in [0.717, 1.165) is 11.6 Å². The number of benzene rings is 1. The second kappa shape index (κ2) is 4.10. The molecule has 0 fully saturated rings. The van der Waals surface area contributed by atoms with Crippen molar-refractivity contribution >= 4 is 17.4 Å². The minimum Gasteiger partial charge on any atom is -0.385 e. The van der Waals surface area contributed by atoms with Gasteiger partial charge < -0.3 is 5.73 Å². The second-order valence-corrected chi connectivity index (χ2v) is 4.04. The molecular weight excluding hydrogens is 242 g/mol. The number of halogens is 1. The van der Waals surface area contributed by atoms with Gasteiger partial charge in [0.05, 0.1) is 5.69 Å². The SMILES string of the molecule is Cc1ccc(-n2c(N)cc(=O)[nH]c2=O)cc1Cl. The highest BCUT2D eigenvalue weighted by Crippen LogP contribution is 2.19. The van der Waals surface area contributed by atoms with Crippen LogP contribution >= 0.6 is 11.6 Å². The fourth-order valence-electron chi connectivity index (χ4n) is 1.50. The quantitative estimate of drug-likeness (QED) is 0.796. The largest absolute Gasteiger partial charge is 0.385 e. The summed E-state index contributed by atoms with van der Waals surface area (Å²) in [5, 5.41) is 0.528. The van der Waals surface area contributed by atoms with Gasteiger partial charge in [0.25, 0.3) is 5.56 Å². The van der Waals surface area contributed by atoms with Gasteiger partial charge in [-0.05, 0) is 24.6 Å². The predicted molar refractivity (Wildman–Crippen MR) is 66.8 cm³/mol. The first-order valence-electron chi connectivity index (χ1n) is 4.87. The lowest BCUT2D eigenvalue weighted by atomic mass is 10.2. The van der Waals surface area contributed by atoms with E-state index < -0.39 is 11.2 Å². The van der Waals surface area contributed by atoms with Gasteiger partial charge in [0.1, 0.15) is 5.82 Å². The number of hydrogen-bond acceptors (Lipinski definition) is 3. The molecule has 1 aromatic heterocycles. The van der Waals surface area contributed by atoms with Crippen molar-refractivity contribution in [1.82, 2.24) is 9.55 Å². The van der Waals surface area contributed by atoms with Crippen molar-refractivity contribution < 1.29 is 0 Å². The number of rotatable bonds is 1. The van der Waals surface area contributed by atoms with Crippen LogP contribution in [0.5, 0.6) is 0 Å². The molecule has 1 heterocycles. The van der Waals surface area contributed by atoms with Crippen LogP contribution in [0.4, 0.5) is 5.82 Å². The molecule has 0 saturated heterocycles. The van der Waals surface area contributed by atoms with E-state index in [2.05, 4.69) is 4.98 Å². The van der Waals surface area contributed by atoms with Crippen LogP contribution in [-0.4, -0.2) is 9.55 Å². The maximum Gasteiger partial charge on any atom is 0.334 e. The van der Waals surface area contributed by atoms with E-state index in [-0.39, 0.29) is 5.82 Å². The fourth-order valence-corrected chi connectivity index (χ4v) is 1.68. The van der Waals surface area contributed by atoms with Gasteiger partial charge in [0.2, 0.25) is 0 Å².